The Kier molecular flexibility index (Phi) is 4.68. The van der Waals surface area contributed by atoms with Gasteiger partial charge in [0.05, 0.1) is 11.6 Å². The van der Waals surface area contributed by atoms with Crippen molar-refractivity contribution in [3.05, 3.63) is 71.3 Å². The zero-order valence-corrected chi connectivity index (χ0v) is 11.9. The maximum absolute atomic E-state index is 13.7. The van der Waals surface area contributed by atoms with E-state index in [1.54, 1.807) is 0 Å². The Balaban J connectivity index is 2.23. The first-order chi connectivity index (χ1) is 9.99. The molecule has 1 amide bonds. The summed E-state index contributed by atoms with van der Waals surface area (Å²) in [6.45, 7) is 3.94. The SMILES string of the molecule is CC(C)[C@@H](NC(=O)c1ccc(F)cc1F)c1ccccc1. The molecule has 110 valence electrons. The zero-order valence-electron chi connectivity index (χ0n) is 11.9. The van der Waals surface area contributed by atoms with Gasteiger partial charge >= 0.3 is 0 Å². The normalized spacial score (nSPS) is 12.2. The second-order valence-electron chi connectivity index (χ2n) is 5.23. The van der Waals surface area contributed by atoms with Crippen LogP contribution in [0.25, 0.3) is 0 Å². The van der Waals surface area contributed by atoms with E-state index in [0.29, 0.717) is 6.07 Å². The van der Waals surface area contributed by atoms with E-state index in [9.17, 15) is 13.6 Å². The summed E-state index contributed by atoms with van der Waals surface area (Å²) in [6.07, 6.45) is 0. The van der Waals surface area contributed by atoms with E-state index < -0.39 is 17.5 Å². The molecule has 4 heteroatoms. The number of hydrogen-bond donors (Lipinski definition) is 1. The van der Waals surface area contributed by atoms with Gasteiger partial charge < -0.3 is 5.32 Å². The van der Waals surface area contributed by atoms with E-state index in [-0.39, 0.29) is 17.5 Å². The molecule has 1 atom stereocenters. The molecule has 0 aromatic heterocycles. The van der Waals surface area contributed by atoms with Crippen molar-refractivity contribution >= 4 is 5.91 Å². The lowest BCUT2D eigenvalue weighted by molar-refractivity contribution is 0.0921. The molecule has 0 radical (unpaired) electrons. The summed E-state index contributed by atoms with van der Waals surface area (Å²) >= 11 is 0. The predicted octanol–water partition coefficient (Wildman–Crippen LogP) is 4.09. The summed E-state index contributed by atoms with van der Waals surface area (Å²) in [6, 6.07) is 12.2. The first-order valence-electron chi connectivity index (χ1n) is 6.80. The van der Waals surface area contributed by atoms with Gasteiger partial charge in [0.25, 0.3) is 5.91 Å². The van der Waals surface area contributed by atoms with Crippen LogP contribution in [-0.2, 0) is 0 Å². The lowest BCUT2D eigenvalue weighted by atomic mass is 9.95. The van der Waals surface area contributed by atoms with Crippen molar-refractivity contribution in [3.8, 4) is 0 Å². The molecule has 0 heterocycles. The molecule has 0 saturated carbocycles. The van der Waals surface area contributed by atoms with E-state index in [4.69, 9.17) is 0 Å². The fourth-order valence-electron chi connectivity index (χ4n) is 2.19. The van der Waals surface area contributed by atoms with Crippen LogP contribution in [0.15, 0.2) is 48.5 Å². The number of amides is 1. The summed E-state index contributed by atoms with van der Waals surface area (Å²) in [5, 5.41) is 2.81. The van der Waals surface area contributed by atoms with Crippen LogP contribution in [0.1, 0.15) is 35.8 Å². The fourth-order valence-corrected chi connectivity index (χ4v) is 2.19. The van der Waals surface area contributed by atoms with Gasteiger partial charge in [-0.25, -0.2) is 8.78 Å². The van der Waals surface area contributed by atoms with E-state index in [2.05, 4.69) is 5.32 Å². The molecule has 2 rings (SSSR count). The van der Waals surface area contributed by atoms with Crippen LogP contribution in [0.3, 0.4) is 0 Å². The summed E-state index contributed by atoms with van der Waals surface area (Å²) in [4.78, 5) is 12.2. The number of rotatable bonds is 4. The maximum Gasteiger partial charge on any atom is 0.254 e. The van der Waals surface area contributed by atoms with Crippen LogP contribution in [0.2, 0.25) is 0 Å². The van der Waals surface area contributed by atoms with Crippen LogP contribution >= 0.6 is 0 Å². The van der Waals surface area contributed by atoms with Gasteiger partial charge in [-0.2, -0.15) is 0 Å². The van der Waals surface area contributed by atoms with E-state index in [0.717, 1.165) is 17.7 Å². The molecule has 2 aromatic carbocycles. The Morgan fingerprint density at radius 2 is 1.71 bits per heavy atom. The third-order valence-corrected chi connectivity index (χ3v) is 3.29. The molecule has 0 unspecified atom stereocenters. The van der Waals surface area contributed by atoms with Crippen LogP contribution in [0.5, 0.6) is 0 Å². The predicted molar refractivity (Wildman–Crippen MR) is 77.8 cm³/mol. The molecule has 0 aliphatic carbocycles. The van der Waals surface area contributed by atoms with Gasteiger partial charge in [0.2, 0.25) is 0 Å². The number of benzene rings is 2. The lowest BCUT2D eigenvalue weighted by Crippen LogP contribution is -2.32. The summed E-state index contributed by atoms with van der Waals surface area (Å²) in [5.41, 5.74) is 0.793. The van der Waals surface area contributed by atoms with Gasteiger partial charge in [-0.15, -0.1) is 0 Å². The van der Waals surface area contributed by atoms with Gasteiger partial charge in [0.15, 0.2) is 0 Å². The molecule has 0 saturated heterocycles. The second kappa shape index (κ2) is 6.48. The molecule has 2 nitrogen and oxygen atoms in total. The average Bonchev–Trinajstić information content (AvgIpc) is 2.45. The highest BCUT2D eigenvalue weighted by atomic mass is 19.1. The number of carbonyl (C=O) groups excluding carboxylic acids is 1. The van der Waals surface area contributed by atoms with Crippen molar-refractivity contribution in [1.82, 2.24) is 5.32 Å². The van der Waals surface area contributed by atoms with Crippen molar-refractivity contribution in [2.75, 3.05) is 0 Å². The number of carbonyl (C=O) groups is 1. The summed E-state index contributed by atoms with van der Waals surface area (Å²) in [7, 11) is 0. The topological polar surface area (TPSA) is 29.1 Å². The summed E-state index contributed by atoms with van der Waals surface area (Å²) in [5.74, 6) is -1.97. The van der Waals surface area contributed by atoms with Gasteiger partial charge in [-0.1, -0.05) is 44.2 Å². The smallest absolute Gasteiger partial charge is 0.254 e. The Hall–Kier alpha value is -2.23. The molecule has 0 aliphatic heterocycles. The van der Waals surface area contributed by atoms with E-state index >= 15 is 0 Å². The maximum atomic E-state index is 13.7. The van der Waals surface area contributed by atoms with E-state index in [1.165, 1.54) is 0 Å². The van der Waals surface area contributed by atoms with Crippen molar-refractivity contribution in [3.63, 3.8) is 0 Å². The molecular formula is C17H17F2NO. The highest BCUT2D eigenvalue weighted by Gasteiger charge is 2.20. The quantitative estimate of drug-likeness (QED) is 0.902. The largest absolute Gasteiger partial charge is 0.345 e. The van der Waals surface area contributed by atoms with Crippen LogP contribution in [0, 0.1) is 17.6 Å². The van der Waals surface area contributed by atoms with Crippen molar-refractivity contribution in [2.45, 2.75) is 19.9 Å². The number of halogens is 2. The van der Waals surface area contributed by atoms with Gasteiger partial charge in [-0.05, 0) is 23.6 Å². The molecular weight excluding hydrogens is 272 g/mol. The van der Waals surface area contributed by atoms with Gasteiger partial charge in [0.1, 0.15) is 11.6 Å². The molecule has 2 aromatic rings. The zero-order chi connectivity index (χ0) is 15.4. The van der Waals surface area contributed by atoms with Crippen molar-refractivity contribution in [1.29, 1.82) is 0 Å². The van der Waals surface area contributed by atoms with Crippen LogP contribution in [0.4, 0.5) is 8.78 Å². The average molecular weight is 289 g/mol. The molecule has 0 aliphatic rings. The minimum absolute atomic E-state index is 0.139. The number of hydrogen-bond acceptors (Lipinski definition) is 1. The highest BCUT2D eigenvalue weighted by molar-refractivity contribution is 5.94. The van der Waals surface area contributed by atoms with Gasteiger partial charge in [0, 0.05) is 6.07 Å². The van der Waals surface area contributed by atoms with Crippen molar-refractivity contribution < 1.29 is 13.6 Å². The molecule has 0 fully saturated rings. The second-order valence-corrected chi connectivity index (χ2v) is 5.23. The molecule has 0 spiro atoms. The highest BCUT2D eigenvalue weighted by Crippen LogP contribution is 2.22. The summed E-state index contributed by atoms with van der Waals surface area (Å²) < 4.78 is 26.5. The van der Waals surface area contributed by atoms with Crippen LogP contribution < -0.4 is 5.32 Å². The lowest BCUT2D eigenvalue weighted by Gasteiger charge is -2.23. The van der Waals surface area contributed by atoms with Crippen LogP contribution in [-0.4, -0.2) is 5.91 Å². The van der Waals surface area contributed by atoms with E-state index in [1.807, 2.05) is 44.2 Å². The third kappa shape index (κ3) is 3.66. The Bertz CT molecular complexity index is 626. The van der Waals surface area contributed by atoms with Gasteiger partial charge in [-0.3, -0.25) is 4.79 Å². The van der Waals surface area contributed by atoms with Crippen molar-refractivity contribution in [2.24, 2.45) is 5.92 Å². The minimum atomic E-state index is -0.858. The third-order valence-electron chi connectivity index (χ3n) is 3.29. The standard InChI is InChI=1S/C17H17F2NO/c1-11(2)16(12-6-4-3-5-7-12)20-17(21)14-9-8-13(18)10-15(14)19/h3-11,16H,1-2H3,(H,20,21)/t16-/m1/s1. The Morgan fingerprint density at radius 1 is 1.05 bits per heavy atom. The first kappa shape index (κ1) is 15.2. The fraction of sp³-hybridized carbons (Fsp3) is 0.235. The molecule has 1 N–H and O–H groups in total. The Morgan fingerprint density at radius 3 is 2.29 bits per heavy atom. The molecule has 21 heavy (non-hydrogen) atoms. The first-order valence-corrected chi connectivity index (χ1v) is 6.80. The number of nitrogens with one attached hydrogen (secondary N) is 1. The Labute approximate surface area is 122 Å². The monoisotopic (exact) mass is 289 g/mol. The molecule has 0 bridgehead atoms. The minimum Gasteiger partial charge on any atom is -0.345 e.